The highest BCUT2D eigenvalue weighted by Crippen LogP contribution is 2.48. The highest BCUT2D eigenvalue weighted by Gasteiger charge is 2.48. The van der Waals surface area contributed by atoms with Crippen molar-refractivity contribution in [2.45, 2.75) is 0 Å². The summed E-state index contributed by atoms with van der Waals surface area (Å²) in [4.78, 5) is 6.98. The van der Waals surface area contributed by atoms with Crippen LogP contribution in [-0.4, -0.2) is 13.4 Å². The summed E-state index contributed by atoms with van der Waals surface area (Å²) in [6.07, 6.45) is 0. The van der Waals surface area contributed by atoms with E-state index in [1.54, 1.807) is 0 Å². The second-order valence-electron chi connectivity index (χ2n) is 15.0. The largest absolute Gasteiger partial charge is 0.457 e. The SMILES string of the molecule is N#Cc1ccc2c3c1Oc1ccccc1B3c1cc3c(cc1N2c1ccccc1)N(c1ccccc1)c1ccc(C#N)c2c1B3c1ccccc1N2c1ccccc1. The van der Waals surface area contributed by atoms with E-state index < -0.39 is 0 Å². The van der Waals surface area contributed by atoms with E-state index in [0.29, 0.717) is 16.9 Å². The molecule has 4 aliphatic heterocycles. The van der Waals surface area contributed by atoms with Crippen LogP contribution in [-0.2, 0) is 0 Å². The molecule has 0 saturated heterocycles. The first-order valence-corrected chi connectivity index (χ1v) is 19.5. The number of hydrogen-bond acceptors (Lipinski definition) is 6. The maximum absolute atomic E-state index is 10.8. The molecule has 0 unspecified atom stereocenters. The summed E-state index contributed by atoms with van der Waals surface area (Å²) < 4.78 is 6.68. The number of anilines is 9. The van der Waals surface area contributed by atoms with Crippen LogP contribution in [0.1, 0.15) is 11.1 Å². The number of benzene rings is 8. The highest BCUT2D eigenvalue weighted by atomic mass is 16.5. The average molecular weight is 737 g/mol. The van der Waals surface area contributed by atoms with Gasteiger partial charge in [0.05, 0.1) is 16.8 Å². The van der Waals surface area contributed by atoms with Crippen LogP contribution in [0, 0.1) is 22.7 Å². The minimum absolute atomic E-state index is 0.193. The zero-order valence-corrected chi connectivity index (χ0v) is 31.0. The van der Waals surface area contributed by atoms with Gasteiger partial charge in [-0.2, -0.15) is 10.5 Å². The van der Waals surface area contributed by atoms with Gasteiger partial charge >= 0.3 is 0 Å². The summed E-state index contributed by atoms with van der Waals surface area (Å²) in [6.45, 7) is -0.402. The second-order valence-corrected chi connectivity index (χ2v) is 15.0. The van der Waals surface area contributed by atoms with E-state index in [-0.39, 0.29) is 13.4 Å². The van der Waals surface area contributed by atoms with E-state index in [4.69, 9.17) is 4.74 Å². The number of fused-ring (bicyclic) bond motifs is 8. The van der Waals surface area contributed by atoms with Crippen LogP contribution in [0.4, 0.5) is 51.2 Å². The Morgan fingerprint density at radius 3 is 1.52 bits per heavy atom. The molecule has 0 aromatic heterocycles. The monoisotopic (exact) mass is 737 g/mol. The van der Waals surface area contributed by atoms with Crippen molar-refractivity contribution < 1.29 is 4.74 Å². The smallest absolute Gasteiger partial charge is 0.256 e. The third-order valence-corrected chi connectivity index (χ3v) is 12.1. The Morgan fingerprint density at radius 1 is 0.397 bits per heavy atom. The lowest BCUT2D eigenvalue weighted by Gasteiger charge is -2.46. The van der Waals surface area contributed by atoms with Gasteiger partial charge in [-0.1, -0.05) is 97.1 Å². The van der Waals surface area contributed by atoms with Gasteiger partial charge in [0, 0.05) is 45.5 Å². The molecule has 4 heterocycles. The van der Waals surface area contributed by atoms with Crippen LogP contribution in [0.2, 0.25) is 0 Å². The lowest BCUT2D eigenvalue weighted by Crippen LogP contribution is -2.64. The molecule has 8 aromatic rings. The first kappa shape index (κ1) is 32.3. The molecule has 0 spiro atoms. The van der Waals surface area contributed by atoms with Gasteiger partial charge < -0.3 is 19.4 Å². The molecular weight excluding hydrogens is 708 g/mol. The second kappa shape index (κ2) is 12.3. The number of nitriles is 2. The first-order chi connectivity index (χ1) is 28.7. The predicted molar refractivity (Wildman–Crippen MR) is 236 cm³/mol. The molecule has 58 heavy (non-hydrogen) atoms. The van der Waals surface area contributed by atoms with Crippen molar-refractivity contribution in [3.8, 4) is 23.6 Å². The number of hydrogen-bond donors (Lipinski definition) is 0. The normalized spacial score (nSPS) is 13.4. The van der Waals surface area contributed by atoms with E-state index >= 15 is 0 Å². The van der Waals surface area contributed by atoms with Crippen molar-refractivity contribution in [2.75, 3.05) is 14.7 Å². The summed E-state index contributed by atoms with van der Waals surface area (Å²) in [6, 6.07) is 66.1. The number of nitrogens with zero attached hydrogens (tertiary/aromatic N) is 5. The zero-order valence-electron chi connectivity index (χ0n) is 31.0. The van der Waals surface area contributed by atoms with Gasteiger partial charge in [0.1, 0.15) is 23.6 Å². The number of rotatable bonds is 3. The Morgan fingerprint density at radius 2 is 0.897 bits per heavy atom. The third-order valence-electron chi connectivity index (χ3n) is 12.1. The van der Waals surface area contributed by atoms with Crippen LogP contribution >= 0.6 is 0 Å². The van der Waals surface area contributed by atoms with Gasteiger partial charge in [0.25, 0.3) is 13.4 Å². The molecule has 8 heteroatoms. The third kappa shape index (κ3) is 4.37. The molecule has 0 radical (unpaired) electrons. The summed E-state index contributed by atoms with van der Waals surface area (Å²) in [5.41, 5.74) is 16.8. The van der Waals surface area contributed by atoms with Gasteiger partial charge in [-0.15, -0.1) is 0 Å². The van der Waals surface area contributed by atoms with Crippen LogP contribution in [0.25, 0.3) is 0 Å². The molecule has 0 bridgehead atoms. The quantitative estimate of drug-likeness (QED) is 0.172. The van der Waals surface area contributed by atoms with Crippen LogP contribution in [0.15, 0.2) is 176 Å². The topological polar surface area (TPSA) is 66.5 Å². The molecule has 0 N–H and O–H groups in total. The van der Waals surface area contributed by atoms with Crippen LogP contribution in [0.3, 0.4) is 0 Å². The molecule has 0 atom stereocenters. The molecular formula is C50H29B2N5O. The molecule has 6 nitrogen and oxygen atoms in total. The van der Waals surface area contributed by atoms with Crippen LogP contribution < -0.4 is 52.2 Å². The van der Waals surface area contributed by atoms with E-state index in [1.807, 2.05) is 36.4 Å². The van der Waals surface area contributed by atoms with Crippen molar-refractivity contribution in [1.82, 2.24) is 0 Å². The molecule has 8 aromatic carbocycles. The lowest BCUT2D eigenvalue weighted by molar-refractivity contribution is 0.486. The highest BCUT2D eigenvalue weighted by molar-refractivity contribution is 7.02. The Labute approximate surface area is 336 Å². The van der Waals surface area contributed by atoms with Crippen molar-refractivity contribution in [2.24, 2.45) is 0 Å². The maximum atomic E-state index is 10.8. The molecule has 0 fully saturated rings. The van der Waals surface area contributed by atoms with Gasteiger partial charge in [0.15, 0.2) is 0 Å². The fourth-order valence-electron chi connectivity index (χ4n) is 9.88. The number of ether oxygens (including phenoxy) is 1. The van der Waals surface area contributed by atoms with E-state index in [0.717, 1.165) is 84.3 Å². The summed E-state index contributed by atoms with van der Waals surface area (Å²) in [5, 5.41) is 21.3. The first-order valence-electron chi connectivity index (χ1n) is 19.5. The van der Waals surface area contributed by atoms with E-state index in [1.165, 1.54) is 5.46 Å². The van der Waals surface area contributed by atoms with E-state index in [9.17, 15) is 10.5 Å². The molecule has 12 rings (SSSR count). The summed E-state index contributed by atoms with van der Waals surface area (Å²) >= 11 is 0. The summed E-state index contributed by atoms with van der Waals surface area (Å²) in [5.74, 6) is 1.36. The van der Waals surface area contributed by atoms with Gasteiger partial charge in [-0.25, -0.2) is 0 Å². The fourth-order valence-corrected chi connectivity index (χ4v) is 9.88. The van der Waals surface area contributed by atoms with Gasteiger partial charge in [-0.3, -0.25) is 0 Å². The Kier molecular flexibility index (Phi) is 6.85. The van der Waals surface area contributed by atoms with Crippen molar-refractivity contribution in [3.63, 3.8) is 0 Å². The molecule has 266 valence electrons. The Hall–Kier alpha value is -7.93. The van der Waals surface area contributed by atoms with Gasteiger partial charge in [0.2, 0.25) is 0 Å². The van der Waals surface area contributed by atoms with Crippen LogP contribution in [0.5, 0.6) is 11.5 Å². The predicted octanol–water partition coefficient (Wildman–Crippen LogP) is 7.92. The fraction of sp³-hybridized carbons (Fsp3) is 0. The number of para-hydroxylation sites is 5. The molecule has 0 aliphatic carbocycles. The maximum Gasteiger partial charge on any atom is 0.256 e. The lowest BCUT2D eigenvalue weighted by atomic mass is 9.30. The van der Waals surface area contributed by atoms with Crippen molar-refractivity contribution in [1.29, 1.82) is 10.5 Å². The molecule has 0 saturated carbocycles. The minimum Gasteiger partial charge on any atom is -0.457 e. The summed E-state index contributed by atoms with van der Waals surface area (Å²) in [7, 11) is 0. The van der Waals surface area contributed by atoms with Gasteiger partial charge in [-0.05, 0) is 112 Å². The standard InChI is InChI=1S/C50H29B2N5O/c53-30-32-24-26-42-47-49(32)57(36-18-8-3-9-19-36)41-22-12-10-20-37(41)51(47)39-28-40-45(29-44(39)55(42)34-14-4-1-5-15-34)56(35-16-6-2-7-17-35)43-27-25-33(31-54)50-48(43)52(40)38-21-11-13-23-46(38)58-50/h1-29H. The minimum atomic E-state index is -0.209. The van der Waals surface area contributed by atoms with E-state index in [2.05, 4.69) is 166 Å². The van der Waals surface area contributed by atoms with Crippen molar-refractivity contribution >= 4 is 97.4 Å². The molecule has 0 amide bonds. The Balaban J connectivity index is 1.22. The molecule has 4 aliphatic rings. The average Bonchev–Trinajstić information content (AvgIpc) is 3.29. The Bertz CT molecular complexity index is 3110. The zero-order chi connectivity index (χ0) is 38.5. The van der Waals surface area contributed by atoms with Crippen molar-refractivity contribution in [3.05, 3.63) is 187 Å².